The van der Waals surface area contributed by atoms with Gasteiger partial charge < -0.3 is 9.84 Å². The molecule has 2 aromatic rings. The van der Waals surface area contributed by atoms with Crippen LogP contribution in [0.25, 0.3) is 16.5 Å². The van der Waals surface area contributed by atoms with E-state index in [0.717, 1.165) is 21.4 Å². The third-order valence-corrected chi connectivity index (χ3v) is 6.63. The molecule has 0 radical (unpaired) electrons. The summed E-state index contributed by atoms with van der Waals surface area (Å²) >= 11 is 1.40. The van der Waals surface area contributed by atoms with E-state index in [0.29, 0.717) is 13.2 Å². The van der Waals surface area contributed by atoms with Crippen molar-refractivity contribution in [2.24, 2.45) is 0 Å². The fraction of sp³-hybridized carbons (Fsp3) is 0.235. The minimum Gasteiger partial charge on any atom is -0.478 e. The summed E-state index contributed by atoms with van der Waals surface area (Å²) in [7, 11) is -2.03. The van der Waals surface area contributed by atoms with Crippen molar-refractivity contribution in [3.63, 3.8) is 0 Å². The van der Waals surface area contributed by atoms with Gasteiger partial charge in [0.1, 0.15) is 0 Å². The van der Waals surface area contributed by atoms with E-state index in [9.17, 15) is 13.2 Å². The fourth-order valence-corrected chi connectivity index (χ4v) is 4.45. The van der Waals surface area contributed by atoms with Crippen molar-refractivity contribution in [2.45, 2.75) is 11.0 Å². The molecule has 1 aromatic heterocycles. The molecule has 1 aliphatic heterocycles. The second-order valence-corrected chi connectivity index (χ2v) is 8.80. The van der Waals surface area contributed by atoms with Gasteiger partial charge in [-0.2, -0.15) is 4.31 Å². The van der Waals surface area contributed by atoms with Crippen molar-refractivity contribution in [1.82, 2.24) is 4.31 Å². The molecule has 0 spiro atoms. The highest BCUT2D eigenvalue weighted by Crippen LogP contribution is 2.31. The van der Waals surface area contributed by atoms with Crippen LogP contribution in [0.15, 0.2) is 47.4 Å². The van der Waals surface area contributed by atoms with E-state index in [1.165, 1.54) is 21.7 Å². The van der Waals surface area contributed by atoms with Gasteiger partial charge in [0.25, 0.3) is 0 Å². The number of rotatable bonds is 7. The van der Waals surface area contributed by atoms with Crippen LogP contribution < -0.4 is 0 Å². The zero-order chi connectivity index (χ0) is 18.0. The lowest BCUT2D eigenvalue weighted by Crippen LogP contribution is -2.30. The summed E-state index contributed by atoms with van der Waals surface area (Å²) in [4.78, 5) is 12.5. The standard InChI is InChI=1S/C17H17NO5S2/c1-18(10-13-11-23-13)25(21,22)15-4-2-3-12(9-15)16-7-5-14(24-16)6-8-17(19)20/h2-9,13H,10-11H2,1H3,(H,19,20)/t13-/m0/s1. The number of carboxylic acids is 1. The van der Waals surface area contributed by atoms with E-state index in [4.69, 9.17) is 9.84 Å². The summed E-state index contributed by atoms with van der Waals surface area (Å²) in [5, 5.41) is 8.68. The smallest absolute Gasteiger partial charge is 0.328 e. The highest BCUT2D eigenvalue weighted by atomic mass is 32.2. The maximum absolute atomic E-state index is 12.7. The highest BCUT2D eigenvalue weighted by Gasteiger charge is 2.30. The molecule has 2 heterocycles. The van der Waals surface area contributed by atoms with Gasteiger partial charge >= 0.3 is 5.97 Å². The first kappa shape index (κ1) is 17.8. The van der Waals surface area contributed by atoms with Gasteiger partial charge in [-0.15, -0.1) is 11.3 Å². The van der Waals surface area contributed by atoms with Crippen molar-refractivity contribution in [2.75, 3.05) is 20.2 Å². The molecule has 1 saturated heterocycles. The molecular weight excluding hydrogens is 362 g/mol. The van der Waals surface area contributed by atoms with Crippen molar-refractivity contribution in [3.05, 3.63) is 47.4 Å². The molecule has 1 aliphatic rings. The first-order valence-electron chi connectivity index (χ1n) is 7.55. The Morgan fingerprint density at radius 1 is 1.40 bits per heavy atom. The zero-order valence-electron chi connectivity index (χ0n) is 13.5. The maximum atomic E-state index is 12.7. The van der Waals surface area contributed by atoms with E-state index in [-0.39, 0.29) is 11.0 Å². The van der Waals surface area contributed by atoms with E-state index in [2.05, 4.69) is 0 Å². The molecule has 1 N–H and O–H groups in total. The van der Waals surface area contributed by atoms with E-state index in [1.54, 1.807) is 31.3 Å². The van der Waals surface area contributed by atoms with Gasteiger partial charge in [0.15, 0.2) is 0 Å². The Kier molecular flexibility index (Phi) is 5.05. The molecule has 0 unspecified atom stereocenters. The molecule has 132 valence electrons. The van der Waals surface area contributed by atoms with Gasteiger partial charge in [0.05, 0.1) is 17.6 Å². The third kappa shape index (κ3) is 4.35. The highest BCUT2D eigenvalue weighted by molar-refractivity contribution is 7.89. The van der Waals surface area contributed by atoms with Crippen LogP contribution in [0.1, 0.15) is 4.88 Å². The van der Waals surface area contributed by atoms with Gasteiger partial charge in [-0.05, 0) is 35.9 Å². The van der Waals surface area contributed by atoms with Gasteiger partial charge in [-0.3, -0.25) is 0 Å². The number of epoxide rings is 1. The summed E-state index contributed by atoms with van der Waals surface area (Å²) in [5.74, 6) is -1.01. The number of thiophene rings is 1. The molecule has 1 fully saturated rings. The van der Waals surface area contributed by atoms with Crippen LogP contribution in [0, 0.1) is 0 Å². The molecule has 1 aromatic carbocycles. The van der Waals surface area contributed by atoms with Crippen LogP contribution >= 0.6 is 11.3 Å². The Morgan fingerprint density at radius 2 is 2.16 bits per heavy atom. The largest absolute Gasteiger partial charge is 0.478 e. The zero-order valence-corrected chi connectivity index (χ0v) is 15.1. The number of aliphatic carboxylic acids is 1. The normalized spacial score (nSPS) is 17.3. The average molecular weight is 379 g/mol. The molecular formula is C17H17NO5S2. The molecule has 3 rings (SSSR count). The van der Waals surface area contributed by atoms with E-state index in [1.807, 2.05) is 12.1 Å². The van der Waals surface area contributed by atoms with Gasteiger partial charge in [-0.25, -0.2) is 13.2 Å². The second-order valence-electron chi connectivity index (χ2n) is 5.64. The Labute approximate surface area is 150 Å². The topological polar surface area (TPSA) is 87.2 Å². The van der Waals surface area contributed by atoms with Crippen LogP contribution in [-0.4, -0.2) is 50.1 Å². The fourth-order valence-electron chi connectivity index (χ4n) is 2.30. The van der Waals surface area contributed by atoms with Crippen LogP contribution in [0.3, 0.4) is 0 Å². The predicted octanol–water partition coefficient (Wildman–Crippen LogP) is 2.53. The summed E-state index contributed by atoms with van der Waals surface area (Å²) in [6.45, 7) is 0.942. The molecule has 0 saturated carbocycles. The first-order valence-corrected chi connectivity index (χ1v) is 9.81. The molecule has 0 bridgehead atoms. The maximum Gasteiger partial charge on any atom is 0.328 e. The number of carboxylic acid groups (broad SMARTS) is 1. The van der Waals surface area contributed by atoms with E-state index < -0.39 is 16.0 Å². The molecule has 0 aliphatic carbocycles. The lowest BCUT2D eigenvalue weighted by molar-refractivity contribution is -0.131. The Balaban J connectivity index is 1.85. The second kappa shape index (κ2) is 7.09. The number of ether oxygens (including phenoxy) is 1. The SMILES string of the molecule is CN(C[C@H]1CO1)S(=O)(=O)c1cccc(-c2ccc(C=CC(=O)O)s2)c1. The summed E-state index contributed by atoms with van der Waals surface area (Å²) in [6.07, 6.45) is 2.58. The van der Waals surface area contributed by atoms with Gasteiger partial charge in [0.2, 0.25) is 10.0 Å². The molecule has 8 heteroatoms. The third-order valence-electron chi connectivity index (χ3n) is 3.71. The lowest BCUT2D eigenvalue weighted by Gasteiger charge is -2.16. The lowest BCUT2D eigenvalue weighted by atomic mass is 10.2. The Morgan fingerprint density at radius 3 is 2.84 bits per heavy atom. The number of nitrogens with zero attached hydrogens (tertiary/aromatic N) is 1. The quantitative estimate of drug-likeness (QED) is 0.590. The van der Waals surface area contributed by atoms with Crippen LogP contribution in [0.4, 0.5) is 0 Å². The van der Waals surface area contributed by atoms with Crippen molar-refractivity contribution >= 4 is 33.4 Å². The Hall–Kier alpha value is -2.00. The number of likely N-dealkylation sites (N-methyl/N-ethyl adjacent to an activating group) is 1. The minimum absolute atomic E-state index is 0.0103. The van der Waals surface area contributed by atoms with Crippen LogP contribution in [-0.2, 0) is 19.6 Å². The predicted molar refractivity (Wildman–Crippen MR) is 96.0 cm³/mol. The number of benzene rings is 1. The van der Waals surface area contributed by atoms with Crippen LogP contribution in [0.5, 0.6) is 0 Å². The molecule has 6 nitrogen and oxygen atoms in total. The molecule has 0 amide bonds. The summed E-state index contributed by atoms with van der Waals surface area (Å²) < 4.78 is 31.7. The number of hydrogen-bond acceptors (Lipinski definition) is 5. The van der Waals surface area contributed by atoms with Crippen LogP contribution in [0.2, 0.25) is 0 Å². The van der Waals surface area contributed by atoms with Gasteiger partial charge in [-0.1, -0.05) is 12.1 Å². The summed E-state index contributed by atoms with van der Waals surface area (Å²) in [6, 6.07) is 10.4. The number of hydrogen-bond donors (Lipinski definition) is 1. The molecule has 1 atom stereocenters. The average Bonchev–Trinajstić information content (AvgIpc) is 3.26. The number of carbonyl (C=O) groups is 1. The Bertz CT molecular complexity index is 913. The van der Waals surface area contributed by atoms with E-state index >= 15 is 0 Å². The molecule has 25 heavy (non-hydrogen) atoms. The van der Waals surface area contributed by atoms with Crippen molar-refractivity contribution < 1.29 is 23.1 Å². The summed E-state index contributed by atoms with van der Waals surface area (Å²) in [5.41, 5.74) is 0.775. The monoisotopic (exact) mass is 379 g/mol. The van der Waals surface area contributed by atoms with Crippen molar-refractivity contribution in [1.29, 1.82) is 0 Å². The minimum atomic E-state index is -3.57. The van der Waals surface area contributed by atoms with Crippen molar-refractivity contribution in [3.8, 4) is 10.4 Å². The van der Waals surface area contributed by atoms with Gasteiger partial charge in [0, 0.05) is 29.4 Å². The number of sulfonamides is 1. The first-order chi connectivity index (χ1) is 11.9.